The number of hydrogen-bond acceptors (Lipinski definition) is 4. The number of pyridine rings is 1. The fraction of sp³-hybridized carbons (Fsp3) is 0.273. The SMILES string of the molecule is COc1cccc(CCCCCOc2ccc(C=O)c3ncccc23)c1. The first-order chi connectivity index (χ1) is 12.8. The number of aromatic nitrogens is 1. The van der Waals surface area contributed by atoms with Gasteiger partial charge in [-0.05, 0) is 67.6 Å². The summed E-state index contributed by atoms with van der Waals surface area (Å²) < 4.78 is 11.2. The molecule has 0 amide bonds. The summed E-state index contributed by atoms with van der Waals surface area (Å²) in [7, 11) is 1.69. The first kappa shape index (κ1) is 17.9. The fourth-order valence-corrected chi connectivity index (χ4v) is 3.01. The Bertz CT molecular complexity index is 876. The molecule has 134 valence electrons. The maximum absolute atomic E-state index is 11.1. The highest BCUT2D eigenvalue weighted by atomic mass is 16.5. The van der Waals surface area contributed by atoms with Gasteiger partial charge in [-0.15, -0.1) is 0 Å². The van der Waals surface area contributed by atoms with E-state index in [4.69, 9.17) is 9.47 Å². The second-order valence-electron chi connectivity index (χ2n) is 6.18. The number of fused-ring (bicyclic) bond motifs is 1. The van der Waals surface area contributed by atoms with Crippen LogP contribution in [-0.2, 0) is 6.42 Å². The van der Waals surface area contributed by atoms with Gasteiger partial charge in [-0.25, -0.2) is 0 Å². The van der Waals surface area contributed by atoms with E-state index >= 15 is 0 Å². The van der Waals surface area contributed by atoms with Crippen molar-refractivity contribution in [3.63, 3.8) is 0 Å². The van der Waals surface area contributed by atoms with Crippen molar-refractivity contribution in [1.82, 2.24) is 4.98 Å². The smallest absolute Gasteiger partial charge is 0.152 e. The van der Waals surface area contributed by atoms with Gasteiger partial charge in [0.25, 0.3) is 0 Å². The summed E-state index contributed by atoms with van der Waals surface area (Å²) in [6.45, 7) is 0.655. The van der Waals surface area contributed by atoms with Gasteiger partial charge in [-0.1, -0.05) is 12.1 Å². The first-order valence-corrected chi connectivity index (χ1v) is 8.90. The van der Waals surface area contributed by atoms with Gasteiger partial charge in [0.15, 0.2) is 6.29 Å². The molecule has 4 nitrogen and oxygen atoms in total. The second kappa shape index (κ2) is 8.99. The van der Waals surface area contributed by atoms with Crippen molar-refractivity contribution in [3.05, 3.63) is 65.9 Å². The van der Waals surface area contributed by atoms with Gasteiger partial charge in [0.1, 0.15) is 11.5 Å². The van der Waals surface area contributed by atoms with E-state index in [1.54, 1.807) is 19.4 Å². The monoisotopic (exact) mass is 349 g/mol. The number of methoxy groups -OCH3 is 1. The van der Waals surface area contributed by atoms with Gasteiger partial charge < -0.3 is 9.47 Å². The van der Waals surface area contributed by atoms with E-state index in [9.17, 15) is 4.79 Å². The molecule has 0 radical (unpaired) electrons. The van der Waals surface area contributed by atoms with Crippen molar-refractivity contribution in [1.29, 1.82) is 0 Å². The Morgan fingerprint density at radius 2 is 1.96 bits per heavy atom. The average molecular weight is 349 g/mol. The summed E-state index contributed by atoms with van der Waals surface area (Å²) in [4.78, 5) is 15.4. The van der Waals surface area contributed by atoms with E-state index in [0.717, 1.165) is 48.9 Å². The third-order valence-electron chi connectivity index (χ3n) is 4.39. The van der Waals surface area contributed by atoms with Crippen molar-refractivity contribution in [2.75, 3.05) is 13.7 Å². The van der Waals surface area contributed by atoms with Crippen molar-refractivity contribution >= 4 is 17.2 Å². The third-order valence-corrected chi connectivity index (χ3v) is 4.39. The minimum atomic E-state index is 0.589. The summed E-state index contributed by atoms with van der Waals surface area (Å²) in [6, 6.07) is 15.6. The Kier molecular flexibility index (Phi) is 6.20. The van der Waals surface area contributed by atoms with Gasteiger partial charge in [-0.2, -0.15) is 0 Å². The molecule has 0 aliphatic heterocycles. The summed E-state index contributed by atoms with van der Waals surface area (Å²) in [5.41, 5.74) is 2.58. The molecule has 4 heteroatoms. The van der Waals surface area contributed by atoms with Crippen LogP contribution in [0.4, 0.5) is 0 Å². The van der Waals surface area contributed by atoms with Crippen LogP contribution in [0.2, 0.25) is 0 Å². The van der Waals surface area contributed by atoms with Gasteiger partial charge in [0.05, 0.1) is 19.2 Å². The van der Waals surface area contributed by atoms with E-state index < -0.39 is 0 Å². The second-order valence-corrected chi connectivity index (χ2v) is 6.18. The molecular weight excluding hydrogens is 326 g/mol. The topological polar surface area (TPSA) is 48.4 Å². The number of aryl methyl sites for hydroxylation is 1. The molecule has 3 rings (SSSR count). The molecule has 1 aromatic heterocycles. The van der Waals surface area contributed by atoms with E-state index in [0.29, 0.717) is 17.7 Å². The Morgan fingerprint density at radius 1 is 1.04 bits per heavy atom. The van der Waals surface area contributed by atoms with Gasteiger partial charge in [-0.3, -0.25) is 9.78 Å². The molecule has 0 unspecified atom stereocenters. The number of rotatable bonds is 9. The lowest BCUT2D eigenvalue weighted by atomic mass is 10.1. The molecule has 1 heterocycles. The normalized spacial score (nSPS) is 10.7. The van der Waals surface area contributed by atoms with Crippen LogP contribution >= 0.6 is 0 Å². The largest absolute Gasteiger partial charge is 0.497 e. The molecule has 0 saturated heterocycles. The molecule has 0 N–H and O–H groups in total. The Morgan fingerprint density at radius 3 is 2.81 bits per heavy atom. The molecule has 26 heavy (non-hydrogen) atoms. The summed E-state index contributed by atoms with van der Waals surface area (Å²) in [6.07, 6.45) is 6.76. The number of ether oxygens (including phenoxy) is 2. The van der Waals surface area contributed by atoms with Crippen LogP contribution in [0.5, 0.6) is 11.5 Å². The number of hydrogen-bond donors (Lipinski definition) is 0. The lowest BCUT2D eigenvalue weighted by Crippen LogP contribution is -1.99. The number of benzene rings is 2. The lowest BCUT2D eigenvalue weighted by Gasteiger charge is -2.10. The van der Waals surface area contributed by atoms with Crippen LogP contribution < -0.4 is 9.47 Å². The predicted molar refractivity (Wildman–Crippen MR) is 103 cm³/mol. The lowest BCUT2D eigenvalue weighted by molar-refractivity contribution is 0.112. The number of aldehydes is 1. The number of nitrogens with zero attached hydrogens (tertiary/aromatic N) is 1. The zero-order chi connectivity index (χ0) is 18.2. The molecule has 2 aromatic carbocycles. The minimum Gasteiger partial charge on any atom is -0.497 e. The molecule has 0 atom stereocenters. The third kappa shape index (κ3) is 4.39. The Labute approximate surface area is 153 Å². The molecule has 0 bridgehead atoms. The van der Waals surface area contributed by atoms with Crippen molar-refractivity contribution in [2.24, 2.45) is 0 Å². The van der Waals surface area contributed by atoms with Crippen molar-refractivity contribution in [2.45, 2.75) is 25.7 Å². The van der Waals surface area contributed by atoms with Gasteiger partial charge in [0, 0.05) is 17.1 Å². The van der Waals surface area contributed by atoms with E-state index in [1.807, 2.05) is 30.3 Å². The zero-order valence-corrected chi connectivity index (χ0v) is 15.0. The fourth-order valence-electron chi connectivity index (χ4n) is 3.01. The van der Waals surface area contributed by atoms with Crippen LogP contribution in [0, 0.1) is 0 Å². The average Bonchev–Trinajstić information content (AvgIpc) is 2.70. The van der Waals surface area contributed by atoms with Crippen LogP contribution in [0.15, 0.2) is 54.7 Å². The molecule has 0 aliphatic rings. The predicted octanol–water partition coefficient (Wildman–Crippen LogP) is 4.85. The van der Waals surface area contributed by atoms with E-state index in [1.165, 1.54) is 5.56 Å². The zero-order valence-electron chi connectivity index (χ0n) is 15.0. The van der Waals surface area contributed by atoms with Gasteiger partial charge >= 0.3 is 0 Å². The molecule has 3 aromatic rings. The Hall–Kier alpha value is -2.88. The van der Waals surface area contributed by atoms with E-state index in [-0.39, 0.29) is 0 Å². The standard InChI is InChI=1S/C22H23NO3/c1-25-19-9-5-8-17(15-19)7-3-2-4-14-26-21-12-11-18(16-24)22-20(21)10-6-13-23-22/h5-6,8-13,15-16H,2-4,7,14H2,1H3. The highest BCUT2D eigenvalue weighted by molar-refractivity contribution is 5.98. The minimum absolute atomic E-state index is 0.589. The molecule has 0 aliphatic carbocycles. The van der Waals surface area contributed by atoms with Crippen LogP contribution in [0.1, 0.15) is 35.2 Å². The molecule has 0 saturated carbocycles. The highest BCUT2D eigenvalue weighted by Gasteiger charge is 2.07. The summed E-state index contributed by atoms with van der Waals surface area (Å²) in [5, 5.41) is 0.883. The quantitative estimate of drug-likeness (QED) is 0.409. The van der Waals surface area contributed by atoms with Crippen LogP contribution in [0.3, 0.4) is 0 Å². The number of carbonyl (C=O) groups is 1. The van der Waals surface area contributed by atoms with Crippen LogP contribution in [0.25, 0.3) is 10.9 Å². The van der Waals surface area contributed by atoms with E-state index in [2.05, 4.69) is 17.1 Å². The maximum Gasteiger partial charge on any atom is 0.152 e. The maximum atomic E-state index is 11.1. The van der Waals surface area contributed by atoms with Crippen molar-refractivity contribution < 1.29 is 14.3 Å². The van der Waals surface area contributed by atoms with Crippen LogP contribution in [-0.4, -0.2) is 25.0 Å². The summed E-state index contributed by atoms with van der Waals surface area (Å²) >= 11 is 0. The highest BCUT2D eigenvalue weighted by Crippen LogP contribution is 2.26. The Balaban J connectivity index is 1.48. The van der Waals surface area contributed by atoms with Crippen molar-refractivity contribution in [3.8, 4) is 11.5 Å². The summed E-state index contributed by atoms with van der Waals surface area (Å²) in [5.74, 6) is 1.69. The number of carbonyl (C=O) groups excluding carboxylic acids is 1. The van der Waals surface area contributed by atoms with Gasteiger partial charge in [0.2, 0.25) is 0 Å². The molecule has 0 fully saturated rings. The molecule has 0 spiro atoms. The molecular formula is C22H23NO3. The number of unbranched alkanes of at least 4 members (excludes halogenated alkanes) is 2. The first-order valence-electron chi connectivity index (χ1n) is 8.90.